The molecule has 0 aromatic heterocycles. The van der Waals surface area contributed by atoms with Crippen molar-refractivity contribution in [3.8, 4) is 0 Å². The van der Waals surface area contributed by atoms with Crippen molar-refractivity contribution < 1.29 is 14.3 Å². The normalized spacial score (nSPS) is 12.0. The van der Waals surface area contributed by atoms with Gasteiger partial charge in [0.1, 0.15) is 5.82 Å². The van der Waals surface area contributed by atoms with E-state index in [0.717, 1.165) is 16.1 Å². The Morgan fingerprint density at radius 1 is 1.38 bits per heavy atom. The number of nitrogens with two attached hydrogens (primary N) is 1. The second-order valence-corrected chi connectivity index (χ2v) is 5.56. The molecule has 1 atom stereocenters. The molecule has 0 radical (unpaired) electrons. The summed E-state index contributed by atoms with van der Waals surface area (Å²) in [4.78, 5) is 11.0. The molecule has 0 bridgehead atoms. The molecule has 21 heavy (non-hydrogen) atoms. The van der Waals surface area contributed by atoms with Crippen LogP contribution in [0.15, 0.2) is 40.9 Å². The largest absolute Gasteiger partial charge is 0.478 e. The van der Waals surface area contributed by atoms with E-state index in [1.807, 2.05) is 31.2 Å². The molecule has 0 saturated heterocycles. The third-order valence-corrected chi connectivity index (χ3v) is 3.58. The van der Waals surface area contributed by atoms with E-state index in [-0.39, 0.29) is 23.0 Å². The van der Waals surface area contributed by atoms with E-state index >= 15 is 0 Å². The fraction of sp³-hybridized carbons (Fsp3) is 0.133. The number of hydrogen-bond acceptors (Lipinski definition) is 3. The summed E-state index contributed by atoms with van der Waals surface area (Å²) in [6.07, 6.45) is 0. The van der Waals surface area contributed by atoms with E-state index in [1.54, 1.807) is 0 Å². The van der Waals surface area contributed by atoms with Crippen molar-refractivity contribution >= 4 is 33.3 Å². The number of anilines is 2. The zero-order valence-corrected chi connectivity index (χ0v) is 12.8. The average molecular weight is 353 g/mol. The van der Waals surface area contributed by atoms with Crippen molar-refractivity contribution in [1.82, 2.24) is 0 Å². The van der Waals surface area contributed by atoms with Crippen molar-refractivity contribution in [3.63, 3.8) is 0 Å². The summed E-state index contributed by atoms with van der Waals surface area (Å²) < 4.78 is 14.8. The van der Waals surface area contributed by atoms with Gasteiger partial charge in [0.25, 0.3) is 0 Å². The fourth-order valence-electron chi connectivity index (χ4n) is 1.98. The predicted octanol–water partition coefficient (Wildman–Crippen LogP) is 4.04. The summed E-state index contributed by atoms with van der Waals surface area (Å²) in [5.41, 5.74) is 6.32. The summed E-state index contributed by atoms with van der Waals surface area (Å²) in [6, 6.07) is 9.60. The maximum absolute atomic E-state index is 13.9. The number of carbonyl (C=O) groups is 1. The molecule has 6 heteroatoms. The van der Waals surface area contributed by atoms with Gasteiger partial charge in [-0.05, 0) is 36.8 Å². The lowest BCUT2D eigenvalue weighted by atomic mass is 10.1. The summed E-state index contributed by atoms with van der Waals surface area (Å²) in [7, 11) is 0. The van der Waals surface area contributed by atoms with Crippen molar-refractivity contribution in [2.45, 2.75) is 13.0 Å². The van der Waals surface area contributed by atoms with Crippen LogP contribution in [0.5, 0.6) is 0 Å². The number of carboxylic acids is 1. The molecule has 1 unspecified atom stereocenters. The lowest BCUT2D eigenvalue weighted by molar-refractivity contribution is 0.0698. The number of benzene rings is 2. The second-order valence-electron chi connectivity index (χ2n) is 4.65. The molecule has 0 fully saturated rings. The highest BCUT2D eigenvalue weighted by molar-refractivity contribution is 9.10. The molecular formula is C15H14BrFN2O2. The minimum Gasteiger partial charge on any atom is -0.478 e. The highest BCUT2D eigenvalue weighted by Gasteiger charge is 2.15. The van der Waals surface area contributed by atoms with Gasteiger partial charge in [0.15, 0.2) is 0 Å². The highest BCUT2D eigenvalue weighted by Crippen LogP contribution is 2.27. The number of rotatable bonds is 4. The van der Waals surface area contributed by atoms with Gasteiger partial charge in [-0.25, -0.2) is 9.18 Å². The van der Waals surface area contributed by atoms with E-state index in [2.05, 4.69) is 21.2 Å². The molecule has 2 aromatic rings. The number of carboxylic acid groups (broad SMARTS) is 1. The Kier molecular flexibility index (Phi) is 4.47. The number of halogens is 2. The standard InChI is InChI=1S/C15H14BrFN2O2/c1-8(9-3-2-4-10(16)5-9)19-14-6-11(15(20)21)13(18)7-12(14)17/h2-8,19H,18H2,1H3,(H,20,21). The van der Waals surface area contributed by atoms with Crippen LogP contribution in [0.1, 0.15) is 28.9 Å². The fourth-order valence-corrected chi connectivity index (χ4v) is 2.39. The van der Waals surface area contributed by atoms with Gasteiger partial charge >= 0.3 is 5.97 Å². The van der Waals surface area contributed by atoms with Crippen molar-refractivity contribution in [2.75, 3.05) is 11.1 Å². The van der Waals surface area contributed by atoms with E-state index in [0.29, 0.717) is 0 Å². The second kappa shape index (κ2) is 6.13. The average Bonchev–Trinajstić information content (AvgIpc) is 2.41. The molecule has 2 rings (SSSR count). The Bertz CT molecular complexity index is 691. The van der Waals surface area contributed by atoms with Gasteiger partial charge < -0.3 is 16.2 Å². The summed E-state index contributed by atoms with van der Waals surface area (Å²) in [5, 5.41) is 12.0. The zero-order valence-electron chi connectivity index (χ0n) is 11.2. The molecule has 0 amide bonds. The van der Waals surface area contributed by atoms with E-state index < -0.39 is 11.8 Å². The van der Waals surface area contributed by atoms with Crippen LogP contribution in [0.2, 0.25) is 0 Å². The van der Waals surface area contributed by atoms with Crippen molar-refractivity contribution in [3.05, 3.63) is 57.8 Å². The van der Waals surface area contributed by atoms with Crippen molar-refractivity contribution in [2.24, 2.45) is 0 Å². The quantitative estimate of drug-likeness (QED) is 0.725. The van der Waals surface area contributed by atoms with Gasteiger partial charge in [-0.3, -0.25) is 0 Å². The molecule has 0 heterocycles. The number of hydrogen-bond donors (Lipinski definition) is 3. The molecular weight excluding hydrogens is 339 g/mol. The monoisotopic (exact) mass is 352 g/mol. The first-order valence-electron chi connectivity index (χ1n) is 6.23. The Morgan fingerprint density at radius 3 is 2.71 bits per heavy atom. The lowest BCUT2D eigenvalue weighted by Crippen LogP contribution is -2.10. The van der Waals surface area contributed by atoms with Gasteiger partial charge in [0, 0.05) is 16.2 Å². The molecule has 4 N–H and O–H groups in total. The molecule has 110 valence electrons. The zero-order chi connectivity index (χ0) is 15.6. The van der Waals surface area contributed by atoms with E-state index in [1.165, 1.54) is 6.07 Å². The van der Waals surface area contributed by atoms with Crippen LogP contribution in [0.25, 0.3) is 0 Å². The first-order valence-corrected chi connectivity index (χ1v) is 7.02. The molecule has 0 aliphatic carbocycles. The topological polar surface area (TPSA) is 75.3 Å². The van der Waals surface area contributed by atoms with Gasteiger partial charge in [-0.1, -0.05) is 28.1 Å². The summed E-state index contributed by atoms with van der Waals surface area (Å²) in [6.45, 7) is 1.86. The van der Waals surface area contributed by atoms with Crippen LogP contribution in [0.4, 0.5) is 15.8 Å². The molecule has 0 spiro atoms. The Hall–Kier alpha value is -2.08. The van der Waals surface area contributed by atoms with Crippen LogP contribution < -0.4 is 11.1 Å². The molecule has 2 aromatic carbocycles. The maximum atomic E-state index is 13.9. The lowest BCUT2D eigenvalue weighted by Gasteiger charge is -2.17. The molecule has 0 aliphatic rings. The summed E-state index contributed by atoms with van der Waals surface area (Å²) in [5.74, 6) is -1.77. The van der Waals surface area contributed by atoms with Crippen LogP contribution in [0.3, 0.4) is 0 Å². The molecule has 0 saturated carbocycles. The SMILES string of the molecule is CC(Nc1cc(C(=O)O)c(N)cc1F)c1cccc(Br)c1. The van der Waals surface area contributed by atoms with Gasteiger partial charge in [-0.2, -0.15) is 0 Å². The first-order chi connectivity index (χ1) is 9.88. The van der Waals surface area contributed by atoms with Crippen LogP contribution >= 0.6 is 15.9 Å². The number of nitrogen functional groups attached to an aromatic ring is 1. The van der Waals surface area contributed by atoms with Crippen LogP contribution in [0, 0.1) is 5.82 Å². The van der Waals surface area contributed by atoms with Gasteiger partial charge in [0.05, 0.1) is 11.3 Å². The first kappa shape index (κ1) is 15.3. The van der Waals surface area contributed by atoms with E-state index in [4.69, 9.17) is 10.8 Å². The molecule has 0 aliphatic heterocycles. The van der Waals surface area contributed by atoms with Gasteiger partial charge in [0.2, 0.25) is 0 Å². The highest BCUT2D eigenvalue weighted by atomic mass is 79.9. The van der Waals surface area contributed by atoms with Gasteiger partial charge in [-0.15, -0.1) is 0 Å². The minimum atomic E-state index is -1.19. The third-order valence-electron chi connectivity index (χ3n) is 3.09. The number of aromatic carboxylic acids is 1. The summed E-state index contributed by atoms with van der Waals surface area (Å²) >= 11 is 3.37. The van der Waals surface area contributed by atoms with Crippen molar-refractivity contribution in [1.29, 1.82) is 0 Å². The minimum absolute atomic E-state index is 0.0966. The predicted molar refractivity (Wildman–Crippen MR) is 84.0 cm³/mol. The van der Waals surface area contributed by atoms with Crippen LogP contribution in [-0.2, 0) is 0 Å². The number of nitrogens with one attached hydrogen (secondary N) is 1. The van der Waals surface area contributed by atoms with Crippen LogP contribution in [-0.4, -0.2) is 11.1 Å². The molecule has 4 nitrogen and oxygen atoms in total. The third kappa shape index (κ3) is 3.52. The Labute approximate surface area is 129 Å². The Balaban J connectivity index is 2.31. The Morgan fingerprint density at radius 2 is 2.10 bits per heavy atom. The maximum Gasteiger partial charge on any atom is 0.337 e. The van der Waals surface area contributed by atoms with E-state index in [9.17, 15) is 9.18 Å². The smallest absolute Gasteiger partial charge is 0.337 e.